The summed E-state index contributed by atoms with van der Waals surface area (Å²) in [7, 11) is 0. The molecule has 0 radical (unpaired) electrons. The smallest absolute Gasteiger partial charge is 0.264 e. The zero-order valence-corrected chi connectivity index (χ0v) is 7.92. The van der Waals surface area contributed by atoms with Crippen LogP contribution in [0, 0.1) is 0 Å². The second kappa shape index (κ2) is 2.92. The Morgan fingerprint density at radius 1 is 1.13 bits per heavy atom. The van der Waals surface area contributed by atoms with Gasteiger partial charge in [0, 0.05) is 17.8 Å². The van der Waals surface area contributed by atoms with E-state index in [9.17, 15) is 4.79 Å². The average Bonchev–Trinajstić information content (AvgIpc) is 2.30. The van der Waals surface area contributed by atoms with E-state index in [4.69, 9.17) is 0 Å². The number of benzene rings is 1. The van der Waals surface area contributed by atoms with Gasteiger partial charge in [0.15, 0.2) is 0 Å². The van der Waals surface area contributed by atoms with E-state index in [0.29, 0.717) is 5.65 Å². The highest BCUT2D eigenvalue weighted by molar-refractivity contribution is 5.84. The van der Waals surface area contributed by atoms with E-state index in [1.54, 1.807) is 22.9 Å². The Labute approximate surface area is 85.6 Å². The summed E-state index contributed by atoms with van der Waals surface area (Å²) in [6.45, 7) is 0. The molecule has 0 atom stereocenters. The van der Waals surface area contributed by atoms with Gasteiger partial charge in [-0.05, 0) is 23.6 Å². The van der Waals surface area contributed by atoms with Crippen LogP contribution in [0.1, 0.15) is 0 Å². The Bertz CT molecular complexity index is 643. The molecule has 0 bridgehead atoms. The van der Waals surface area contributed by atoms with Crippen molar-refractivity contribution >= 4 is 16.4 Å². The van der Waals surface area contributed by atoms with E-state index in [-0.39, 0.29) is 5.56 Å². The van der Waals surface area contributed by atoms with Crippen LogP contribution in [-0.2, 0) is 0 Å². The molecule has 0 N–H and O–H groups in total. The van der Waals surface area contributed by atoms with Crippen LogP contribution >= 0.6 is 0 Å². The summed E-state index contributed by atoms with van der Waals surface area (Å²) in [5.41, 5.74) is 0.664. The molecular formula is C12H8N2O. The van der Waals surface area contributed by atoms with Gasteiger partial charge in [-0.15, -0.1) is 0 Å². The molecule has 2 heterocycles. The van der Waals surface area contributed by atoms with E-state index in [2.05, 4.69) is 4.98 Å². The molecule has 3 nitrogen and oxygen atoms in total. The van der Waals surface area contributed by atoms with Crippen molar-refractivity contribution in [2.45, 2.75) is 0 Å². The number of nitrogens with zero attached hydrogens (tertiary/aromatic N) is 2. The van der Waals surface area contributed by atoms with Gasteiger partial charge in [-0.2, -0.15) is 0 Å². The van der Waals surface area contributed by atoms with Gasteiger partial charge in [0.1, 0.15) is 5.65 Å². The lowest BCUT2D eigenvalue weighted by Crippen LogP contribution is -2.13. The zero-order valence-electron chi connectivity index (χ0n) is 7.92. The van der Waals surface area contributed by atoms with Gasteiger partial charge < -0.3 is 0 Å². The van der Waals surface area contributed by atoms with Crippen LogP contribution in [-0.4, -0.2) is 9.38 Å². The van der Waals surface area contributed by atoms with Crippen LogP contribution in [0.5, 0.6) is 0 Å². The van der Waals surface area contributed by atoms with Crippen LogP contribution in [0.3, 0.4) is 0 Å². The lowest BCUT2D eigenvalue weighted by atomic mass is 10.2. The standard InChI is InChI=1S/C12H8N2O/c15-12-10-5-2-1-4-9(10)8-11-13-6-3-7-14(11)12/h1-8H. The number of pyridine rings is 1. The minimum atomic E-state index is -0.0174. The number of rotatable bonds is 0. The van der Waals surface area contributed by atoms with Crippen molar-refractivity contribution in [3.05, 3.63) is 59.1 Å². The Morgan fingerprint density at radius 3 is 2.93 bits per heavy atom. The minimum absolute atomic E-state index is 0.0174. The molecule has 0 spiro atoms. The molecule has 0 aliphatic carbocycles. The fraction of sp³-hybridized carbons (Fsp3) is 0. The van der Waals surface area contributed by atoms with E-state index in [1.807, 2.05) is 30.3 Å². The molecule has 3 heteroatoms. The van der Waals surface area contributed by atoms with Crippen LogP contribution in [0.25, 0.3) is 16.4 Å². The van der Waals surface area contributed by atoms with Crippen molar-refractivity contribution in [1.82, 2.24) is 9.38 Å². The first kappa shape index (κ1) is 8.17. The van der Waals surface area contributed by atoms with Crippen LogP contribution < -0.4 is 5.56 Å². The molecule has 3 rings (SSSR count). The maximum Gasteiger partial charge on any atom is 0.264 e. The number of hydrogen-bond acceptors (Lipinski definition) is 2. The van der Waals surface area contributed by atoms with Crippen LogP contribution in [0.2, 0.25) is 0 Å². The first-order valence-electron chi connectivity index (χ1n) is 4.71. The highest BCUT2D eigenvalue weighted by atomic mass is 16.1. The average molecular weight is 196 g/mol. The molecule has 0 aliphatic rings. The fourth-order valence-corrected chi connectivity index (χ4v) is 1.75. The molecule has 0 aliphatic heterocycles. The van der Waals surface area contributed by atoms with Gasteiger partial charge >= 0.3 is 0 Å². The third kappa shape index (κ3) is 1.13. The Kier molecular flexibility index (Phi) is 1.59. The highest BCUT2D eigenvalue weighted by Gasteiger charge is 2.01. The van der Waals surface area contributed by atoms with Crippen molar-refractivity contribution in [3.63, 3.8) is 0 Å². The highest BCUT2D eigenvalue weighted by Crippen LogP contribution is 2.10. The summed E-state index contributed by atoms with van der Waals surface area (Å²) >= 11 is 0. The summed E-state index contributed by atoms with van der Waals surface area (Å²) in [5, 5.41) is 1.66. The van der Waals surface area contributed by atoms with Crippen molar-refractivity contribution < 1.29 is 0 Å². The molecule has 0 saturated carbocycles. The molecule has 0 fully saturated rings. The predicted octanol–water partition coefficient (Wildman–Crippen LogP) is 1.85. The van der Waals surface area contributed by atoms with Gasteiger partial charge in [0.05, 0.1) is 0 Å². The molecule has 1 aromatic carbocycles. The zero-order chi connectivity index (χ0) is 10.3. The Morgan fingerprint density at radius 2 is 2.00 bits per heavy atom. The number of aromatic nitrogens is 2. The van der Waals surface area contributed by atoms with Crippen molar-refractivity contribution in [1.29, 1.82) is 0 Å². The Hall–Kier alpha value is -2.16. The quantitative estimate of drug-likeness (QED) is 0.514. The van der Waals surface area contributed by atoms with Gasteiger partial charge in [0.25, 0.3) is 5.56 Å². The van der Waals surface area contributed by atoms with Gasteiger partial charge in [-0.1, -0.05) is 18.2 Å². The van der Waals surface area contributed by atoms with Crippen LogP contribution in [0.4, 0.5) is 0 Å². The maximum atomic E-state index is 12.0. The largest absolute Gasteiger partial charge is 0.268 e. The summed E-state index contributed by atoms with van der Waals surface area (Å²) < 4.78 is 1.56. The second-order valence-electron chi connectivity index (χ2n) is 3.38. The van der Waals surface area contributed by atoms with E-state index < -0.39 is 0 Å². The third-order valence-electron chi connectivity index (χ3n) is 2.47. The molecule has 15 heavy (non-hydrogen) atoms. The van der Waals surface area contributed by atoms with Crippen LogP contribution in [0.15, 0.2) is 53.6 Å². The first-order chi connectivity index (χ1) is 7.36. The second-order valence-corrected chi connectivity index (χ2v) is 3.38. The molecule has 2 aromatic heterocycles. The summed E-state index contributed by atoms with van der Waals surface area (Å²) in [5.74, 6) is 0. The summed E-state index contributed by atoms with van der Waals surface area (Å²) in [4.78, 5) is 16.2. The predicted molar refractivity (Wildman–Crippen MR) is 59.0 cm³/mol. The molecule has 72 valence electrons. The molecule has 0 saturated heterocycles. The number of hydrogen-bond donors (Lipinski definition) is 0. The fourth-order valence-electron chi connectivity index (χ4n) is 1.75. The molecule has 3 aromatic rings. The summed E-state index contributed by atoms with van der Waals surface area (Å²) in [6.07, 6.45) is 3.42. The number of fused-ring (bicyclic) bond motifs is 2. The lowest BCUT2D eigenvalue weighted by molar-refractivity contribution is 1.07. The topological polar surface area (TPSA) is 34.4 Å². The Balaban J connectivity index is 2.66. The van der Waals surface area contributed by atoms with Gasteiger partial charge in [0.2, 0.25) is 0 Å². The van der Waals surface area contributed by atoms with E-state index in [0.717, 1.165) is 10.8 Å². The van der Waals surface area contributed by atoms with Crippen molar-refractivity contribution in [2.75, 3.05) is 0 Å². The van der Waals surface area contributed by atoms with Crippen molar-refractivity contribution in [2.24, 2.45) is 0 Å². The van der Waals surface area contributed by atoms with Crippen molar-refractivity contribution in [3.8, 4) is 0 Å². The summed E-state index contributed by atoms with van der Waals surface area (Å²) in [6, 6.07) is 11.2. The first-order valence-corrected chi connectivity index (χ1v) is 4.71. The monoisotopic (exact) mass is 196 g/mol. The van der Waals surface area contributed by atoms with E-state index >= 15 is 0 Å². The maximum absolute atomic E-state index is 12.0. The van der Waals surface area contributed by atoms with Gasteiger partial charge in [-0.3, -0.25) is 9.20 Å². The SMILES string of the molecule is O=c1c2ccccc2cc2ncccn12. The molecule has 0 amide bonds. The third-order valence-corrected chi connectivity index (χ3v) is 2.47. The normalized spacial score (nSPS) is 10.9. The molecular weight excluding hydrogens is 188 g/mol. The molecule has 0 unspecified atom stereocenters. The minimum Gasteiger partial charge on any atom is -0.268 e. The van der Waals surface area contributed by atoms with Gasteiger partial charge in [-0.25, -0.2) is 4.98 Å². The lowest BCUT2D eigenvalue weighted by Gasteiger charge is -2.01. The van der Waals surface area contributed by atoms with E-state index in [1.165, 1.54) is 0 Å².